The van der Waals surface area contributed by atoms with Gasteiger partial charge in [0, 0.05) is 6.54 Å². The van der Waals surface area contributed by atoms with Crippen LogP contribution in [0.4, 0.5) is 0 Å². The maximum Gasteiger partial charge on any atom is 0.115 e. The first-order valence-electron chi connectivity index (χ1n) is 9.77. The van der Waals surface area contributed by atoms with Crippen LogP contribution < -0.4 is 10.4 Å². The molecule has 1 heterocycles. The first-order valence-corrected chi connectivity index (χ1v) is 12.5. The molecule has 0 spiro atoms. The zero-order valence-electron chi connectivity index (χ0n) is 15.5. The fourth-order valence-electron chi connectivity index (χ4n) is 3.92. The quantitative estimate of drug-likeness (QED) is 0.532. The molecule has 1 nitrogen and oxygen atoms in total. The van der Waals surface area contributed by atoms with Gasteiger partial charge in [-0.25, -0.2) is 0 Å². The Morgan fingerprint density at radius 1 is 0.800 bits per heavy atom. The molecule has 1 aliphatic heterocycles. The third-order valence-corrected chi connectivity index (χ3v) is 10.1. The van der Waals surface area contributed by atoms with Crippen LogP contribution in [-0.2, 0) is 0 Å². The fraction of sp³-hybridized carbons (Fsp3) is 0.391. The summed E-state index contributed by atoms with van der Waals surface area (Å²) in [6.07, 6.45) is 10.2. The molecule has 0 bridgehead atoms. The molecule has 0 radical (unpaired) electrons. The van der Waals surface area contributed by atoms with Crippen LogP contribution in [0.25, 0.3) is 0 Å². The van der Waals surface area contributed by atoms with Crippen molar-refractivity contribution in [1.82, 2.24) is 4.90 Å². The van der Waals surface area contributed by atoms with Crippen LogP contribution in [0.3, 0.4) is 0 Å². The van der Waals surface area contributed by atoms with Crippen molar-refractivity contribution in [2.75, 3.05) is 19.6 Å². The van der Waals surface area contributed by atoms with E-state index in [0.29, 0.717) is 0 Å². The van der Waals surface area contributed by atoms with Gasteiger partial charge in [0.2, 0.25) is 0 Å². The Kier molecular flexibility index (Phi) is 6.66. The average molecular weight is 350 g/mol. The van der Waals surface area contributed by atoms with Gasteiger partial charge in [-0.3, -0.25) is 4.90 Å². The second-order valence-electron chi connectivity index (χ2n) is 7.44. The normalized spacial score (nSPS) is 16.4. The lowest BCUT2D eigenvalue weighted by atomic mass is 10.1. The molecule has 1 aliphatic rings. The molecule has 3 rings (SSSR count). The van der Waals surface area contributed by atoms with Crippen LogP contribution in [0.5, 0.6) is 0 Å². The van der Waals surface area contributed by atoms with E-state index in [4.69, 9.17) is 0 Å². The molecule has 25 heavy (non-hydrogen) atoms. The highest BCUT2D eigenvalue weighted by Crippen LogP contribution is 2.15. The van der Waals surface area contributed by atoms with Crippen molar-refractivity contribution in [1.29, 1.82) is 0 Å². The number of benzene rings is 2. The van der Waals surface area contributed by atoms with Gasteiger partial charge in [0.25, 0.3) is 0 Å². The molecule has 0 aromatic heterocycles. The highest BCUT2D eigenvalue weighted by atomic mass is 28.3. The molecule has 2 aromatic carbocycles. The number of nitrogens with zero attached hydrogens (tertiary/aromatic N) is 1. The van der Waals surface area contributed by atoms with Crippen molar-refractivity contribution >= 4 is 18.4 Å². The van der Waals surface area contributed by atoms with Crippen LogP contribution >= 0.6 is 0 Å². The minimum atomic E-state index is -1.66. The molecule has 0 amide bonds. The number of hydrogen-bond donors (Lipinski definition) is 0. The Bertz CT molecular complexity index is 605. The molecule has 1 fully saturated rings. The maximum atomic E-state index is 2.59. The molecule has 0 unspecified atom stereocenters. The third kappa shape index (κ3) is 4.93. The molecule has 0 saturated carbocycles. The Balaban J connectivity index is 1.64. The van der Waals surface area contributed by atoms with Gasteiger partial charge >= 0.3 is 0 Å². The van der Waals surface area contributed by atoms with Crippen molar-refractivity contribution in [2.24, 2.45) is 0 Å². The highest BCUT2D eigenvalue weighted by molar-refractivity contribution is 7.01. The van der Waals surface area contributed by atoms with E-state index >= 15 is 0 Å². The molecule has 132 valence electrons. The van der Waals surface area contributed by atoms with Gasteiger partial charge in [0.1, 0.15) is 8.07 Å². The summed E-state index contributed by atoms with van der Waals surface area (Å²) in [6.45, 7) is 6.22. The zero-order valence-corrected chi connectivity index (χ0v) is 16.5. The third-order valence-electron chi connectivity index (χ3n) is 5.61. The van der Waals surface area contributed by atoms with Gasteiger partial charge in [0.05, 0.1) is 0 Å². The summed E-state index contributed by atoms with van der Waals surface area (Å²) in [5, 5.41) is 3.09. The molecule has 0 atom stereocenters. The Morgan fingerprint density at radius 3 is 1.92 bits per heavy atom. The van der Waals surface area contributed by atoms with E-state index in [0.717, 1.165) is 6.54 Å². The van der Waals surface area contributed by atoms with Crippen molar-refractivity contribution in [2.45, 2.75) is 38.3 Å². The monoisotopic (exact) mass is 349 g/mol. The molecule has 0 aliphatic carbocycles. The fourth-order valence-corrected chi connectivity index (χ4v) is 7.43. The predicted molar refractivity (Wildman–Crippen MR) is 113 cm³/mol. The van der Waals surface area contributed by atoms with Crippen LogP contribution in [0.1, 0.15) is 25.7 Å². The highest BCUT2D eigenvalue weighted by Gasteiger charge is 2.30. The molecule has 0 N–H and O–H groups in total. The van der Waals surface area contributed by atoms with Crippen LogP contribution in [-0.4, -0.2) is 32.6 Å². The molecular formula is C23H31NSi. The zero-order chi connectivity index (χ0) is 17.4. The van der Waals surface area contributed by atoms with E-state index in [1.807, 2.05) is 0 Å². The predicted octanol–water partition coefficient (Wildman–Crippen LogP) is 4.31. The maximum absolute atomic E-state index is 2.59. The molecule has 2 heteroatoms. The number of piperidine rings is 1. The minimum absolute atomic E-state index is 1.13. The molecule has 1 saturated heterocycles. The molecule has 2 aromatic rings. The van der Waals surface area contributed by atoms with E-state index in [1.165, 1.54) is 44.8 Å². The van der Waals surface area contributed by atoms with E-state index < -0.39 is 8.07 Å². The van der Waals surface area contributed by atoms with Crippen LogP contribution in [0.2, 0.25) is 12.6 Å². The smallest absolute Gasteiger partial charge is 0.115 e. The summed E-state index contributed by atoms with van der Waals surface area (Å²) in [4.78, 5) is 2.59. The van der Waals surface area contributed by atoms with Crippen LogP contribution in [0.15, 0.2) is 72.8 Å². The lowest BCUT2D eigenvalue weighted by molar-refractivity contribution is 0.251. The van der Waals surface area contributed by atoms with Gasteiger partial charge in [-0.15, -0.1) is 0 Å². The van der Waals surface area contributed by atoms with Crippen molar-refractivity contribution < 1.29 is 0 Å². The summed E-state index contributed by atoms with van der Waals surface area (Å²) >= 11 is 0. The summed E-state index contributed by atoms with van der Waals surface area (Å²) < 4.78 is 0. The van der Waals surface area contributed by atoms with Crippen molar-refractivity contribution in [3.63, 3.8) is 0 Å². The second kappa shape index (κ2) is 9.16. The van der Waals surface area contributed by atoms with E-state index in [9.17, 15) is 0 Å². The summed E-state index contributed by atoms with van der Waals surface area (Å²) in [5.41, 5.74) is 0. The first kappa shape index (κ1) is 18.2. The van der Waals surface area contributed by atoms with Crippen molar-refractivity contribution in [3.05, 3.63) is 72.8 Å². The summed E-state index contributed by atoms with van der Waals surface area (Å²) in [6, 6.07) is 23.6. The second-order valence-corrected chi connectivity index (χ2v) is 11.8. The van der Waals surface area contributed by atoms with Crippen LogP contribution in [0, 0.1) is 0 Å². The van der Waals surface area contributed by atoms with Gasteiger partial charge in [-0.2, -0.15) is 0 Å². The standard InChI is InChI=1S/C23H31NSi/c1-25(22-14-6-2-7-15-22,23-16-8-3-9-17-23)21-13-5-12-20-24-18-10-4-11-19-24/h2-3,5-9,12,14-17H,4,10-11,13,18-21H2,1H3/b12-5+. The number of rotatable bonds is 7. The first-order chi connectivity index (χ1) is 12.3. The molecular weight excluding hydrogens is 318 g/mol. The van der Waals surface area contributed by atoms with Gasteiger partial charge < -0.3 is 0 Å². The average Bonchev–Trinajstić information content (AvgIpc) is 2.70. The Hall–Kier alpha value is -1.64. The number of allylic oxidation sites excluding steroid dienone is 1. The Labute approximate surface area is 154 Å². The number of hydrogen-bond acceptors (Lipinski definition) is 1. The van der Waals surface area contributed by atoms with E-state index in [-0.39, 0.29) is 0 Å². The number of likely N-dealkylation sites (tertiary alicyclic amines) is 1. The lowest BCUT2D eigenvalue weighted by Gasteiger charge is -2.28. The summed E-state index contributed by atoms with van der Waals surface area (Å²) in [7, 11) is -1.66. The van der Waals surface area contributed by atoms with Crippen molar-refractivity contribution in [3.8, 4) is 0 Å². The SMILES string of the molecule is C[Si](CC/C=C/CN1CCCCC1)(c1ccccc1)c1ccccc1. The lowest BCUT2D eigenvalue weighted by Crippen LogP contribution is -2.55. The minimum Gasteiger partial charge on any atom is -0.300 e. The Morgan fingerprint density at radius 2 is 1.36 bits per heavy atom. The largest absolute Gasteiger partial charge is 0.300 e. The van der Waals surface area contributed by atoms with Gasteiger partial charge in [-0.1, -0.05) is 96.2 Å². The van der Waals surface area contributed by atoms with E-state index in [1.54, 1.807) is 10.4 Å². The van der Waals surface area contributed by atoms with E-state index in [2.05, 4.69) is 84.3 Å². The topological polar surface area (TPSA) is 3.24 Å². The summed E-state index contributed by atoms with van der Waals surface area (Å²) in [5.74, 6) is 0. The van der Waals surface area contributed by atoms with Gasteiger partial charge in [0.15, 0.2) is 0 Å². The van der Waals surface area contributed by atoms with Gasteiger partial charge in [-0.05, 0) is 38.4 Å².